The van der Waals surface area contributed by atoms with E-state index < -0.39 is 0 Å². The molecule has 0 unspecified atom stereocenters. The number of pyridine rings is 1. The second-order valence-electron chi connectivity index (χ2n) is 6.66. The molecule has 0 radical (unpaired) electrons. The van der Waals surface area contributed by atoms with E-state index in [1.54, 1.807) is 24.5 Å². The zero-order valence-electron chi connectivity index (χ0n) is 15.4. The Morgan fingerprint density at radius 3 is 2.21 bits per heavy atom. The quantitative estimate of drug-likeness (QED) is 0.753. The van der Waals surface area contributed by atoms with E-state index >= 15 is 0 Å². The van der Waals surface area contributed by atoms with Gasteiger partial charge in [-0.05, 0) is 48.5 Å². The third-order valence-corrected chi connectivity index (χ3v) is 4.91. The maximum absolute atomic E-state index is 13.1. The molecule has 142 valence electrons. The summed E-state index contributed by atoms with van der Waals surface area (Å²) in [5, 5.41) is 3.01. The number of carbonyl (C=O) groups excluding carboxylic acids is 1. The Bertz CT molecular complexity index is 938. The lowest BCUT2D eigenvalue weighted by Gasteiger charge is -2.38. The second-order valence-corrected chi connectivity index (χ2v) is 6.66. The van der Waals surface area contributed by atoms with Crippen LogP contribution in [0.5, 0.6) is 0 Å². The number of para-hydroxylation sites is 2. The maximum atomic E-state index is 13.1. The third-order valence-electron chi connectivity index (χ3n) is 4.91. The first-order valence-electron chi connectivity index (χ1n) is 9.26. The van der Waals surface area contributed by atoms with Gasteiger partial charge >= 0.3 is 0 Å². The normalized spacial score (nSPS) is 14.0. The molecule has 0 bridgehead atoms. The minimum Gasteiger partial charge on any atom is -0.368 e. The van der Waals surface area contributed by atoms with Crippen LogP contribution < -0.4 is 15.1 Å². The van der Waals surface area contributed by atoms with Crippen molar-refractivity contribution in [1.29, 1.82) is 0 Å². The van der Waals surface area contributed by atoms with Crippen molar-refractivity contribution in [3.05, 3.63) is 84.4 Å². The van der Waals surface area contributed by atoms with Gasteiger partial charge in [-0.3, -0.25) is 9.78 Å². The predicted molar refractivity (Wildman–Crippen MR) is 109 cm³/mol. The molecule has 1 aliphatic heterocycles. The molecule has 1 saturated heterocycles. The van der Waals surface area contributed by atoms with Crippen LogP contribution in [0.1, 0.15) is 10.4 Å². The first kappa shape index (κ1) is 18.0. The summed E-state index contributed by atoms with van der Waals surface area (Å²) >= 11 is 0. The lowest BCUT2D eigenvalue weighted by atomic mass is 10.2. The van der Waals surface area contributed by atoms with E-state index in [2.05, 4.69) is 20.1 Å². The highest BCUT2D eigenvalue weighted by atomic mass is 19.1. The molecule has 3 aromatic rings. The minimum absolute atomic E-state index is 0.153. The van der Waals surface area contributed by atoms with E-state index in [9.17, 15) is 9.18 Å². The summed E-state index contributed by atoms with van der Waals surface area (Å²) in [4.78, 5) is 21.0. The van der Waals surface area contributed by atoms with Crippen LogP contribution >= 0.6 is 0 Å². The molecule has 2 heterocycles. The van der Waals surface area contributed by atoms with Gasteiger partial charge in [0.25, 0.3) is 5.91 Å². The molecule has 1 fully saturated rings. The first-order valence-corrected chi connectivity index (χ1v) is 9.26. The number of carbonyl (C=O) groups is 1. The molecule has 1 N–H and O–H groups in total. The zero-order valence-corrected chi connectivity index (χ0v) is 15.4. The van der Waals surface area contributed by atoms with E-state index in [0.717, 1.165) is 43.2 Å². The molecule has 1 aliphatic rings. The highest BCUT2D eigenvalue weighted by Gasteiger charge is 2.20. The van der Waals surface area contributed by atoms with Crippen LogP contribution in [0.25, 0.3) is 0 Å². The van der Waals surface area contributed by atoms with Gasteiger partial charge in [0, 0.05) is 49.8 Å². The number of nitrogens with one attached hydrogen (secondary N) is 1. The van der Waals surface area contributed by atoms with Crippen molar-refractivity contribution in [1.82, 2.24) is 4.98 Å². The number of anilines is 3. The topological polar surface area (TPSA) is 48.5 Å². The number of hydrogen-bond donors (Lipinski definition) is 1. The number of nitrogens with zero attached hydrogens (tertiary/aromatic N) is 3. The van der Waals surface area contributed by atoms with Gasteiger partial charge in [0.15, 0.2) is 0 Å². The Labute approximate surface area is 163 Å². The van der Waals surface area contributed by atoms with Gasteiger partial charge in [-0.25, -0.2) is 4.39 Å². The largest absolute Gasteiger partial charge is 0.368 e. The van der Waals surface area contributed by atoms with Gasteiger partial charge in [-0.15, -0.1) is 0 Å². The summed E-state index contributed by atoms with van der Waals surface area (Å²) in [7, 11) is 0. The van der Waals surface area contributed by atoms with Gasteiger partial charge in [0.1, 0.15) is 5.82 Å². The number of halogens is 1. The molecule has 28 heavy (non-hydrogen) atoms. The Morgan fingerprint density at radius 1 is 0.857 bits per heavy atom. The molecule has 0 spiro atoms. The maximum Gasteiger partial charge on any atom is 0.255 e. The fourth-order valence-corrected chi connectivity index (χ4v) is 3.41. The Balaban J connectivity index is 1.45. The van der Waals surface area contributed by atoms with Crippen LogP contribution in [0.4, 0.5) is 21.5 Å². The molecule has 1 aromatic heterocycles. The molecule has 6 heteroatoms. The second kappa shape index (κ2) is 8.08. The lowest BCUT2D eigenvalue weighted by molar-refractivity contribution is 0.102. The van der Waals surface area contributed by atoms with Crippen LogP contribution in [0.15, 0.2) is 73.1 Å². The van der Waals surface area contributed by atoms with Crippen molar-refractivity contribution < 1.29 is 9.18 Å². The summed E-state index contributed by atoms with van der Waals surface area (Å²) in [5.41, 5.74) is 3.40. The highest BCUT2D eigenvalue weighted by molar-refractivity contribution is 6.05. The molecule has 0 aliphatic carbocycles. The summed E-state index contributed by atoms with van der Waals surface area (Å²) in [6.45, 7) is 3.30. The van der Waals surface area contributed by atoms with Crippen molar-refractivity contribution in [2.75, 3.05) is 41.3 Å². The Morgan fingerprint density at radius 2 is 1.50 bits per heavy atom. The molecule has 0 saturated carbocycles. The molecule has 5 nitrogen and oxygen atoms in total. The van der Waals surface area contributed by atoms with Crippen LogP contribution in [-0.2, 0) is 0 Å². The van der Waals surface area contributed by atoms with Crippen molar-refractivity contribution in [2.45, 2.75) is 0 Å². The van der Waals surface area contributed by atoms with Crippen molar-refractivity contribution in [3.63, 3.8) is 0 Å². The number of piperazine rings is 1. The van der Waals surface area contributed by atoms with Gasteiger partial charge in [0.2, 0.25) is 0 Å². The standard InChI is InChI=1S/C22H21FN4O/c23-18-5-7-19(8-6-18)26-13-15-27(16-14-26)21-4-2-1-3-20(21)25-22(28)17-9-11-24-12-10-17/h1-12H,13-16H2,(H,25,28). The van der Waals surface area contributed by atoms with Crippen LogP contribution in [0.2, 0.25) is 0 Å². The summed E-state index contributed by atoms with van der Waals surface area (Å²) in [6.07, 6.45) is 3.21. The first-order chi connectivity index (χ1) is 13.7. The SMILES string of the molecule is O=C(Nc1ccccc1N1CCN(c2ccc(F)cc2)CC1)c1ccncc1. The third kappa shape index (κ3) is 3.96. The van der Waals surface area contributed by atoms with Crippen LogP contribution in [0.3, 0.4) is 0 Å². The monoisotopic (exact) mass is 376 g/mol. The molecule has 0 atom stereocenters. The van der Waals surface area contributed by atoms with E-state index in [1.165, 1.54) is 12.1 Å². The van der Waals surface area contributed by atoms with Crippen molar-refractivity contribution >= 4 is 23.0 Å². The summed E-state index contributed by atoms with van der Waals surface area (Å²) < 4.78 is 13.1. The van der Waals surface area contributed by atoms with Gasteiger partial charge in [-0.1, -0.05) is 12.1 Å². The van der Waals surface area contributed by atoms with E-state index in [0.29, 0.717) is 5.56 Å². The number of benzene rings is 2. The number of hydrogen-bond acceptors (Lipinski definition) is 4. The average Bonchev–Trinajstić information content (AvgIpc) is 2.75. The fourth-order valence-electron chi connectivity index (χ4n) is 3.41. The highest BCUT2D eigenvalue weighted by Crippen LogP contribution is 2.28. The Kier molecular flexibility index (Phi) is 5.19. The van der Waals surface area contributed by atoms with Crippen molar-refractivity contribution in [3.8, 4) is 0 Å². The van der Waals surface area contributed by atoms with E-state index in [1.807, 2.05) is 36.4 Å². The smallest absolute Gasteiger partial charge is 0.255 e. The van der Waals surface area contributed by atoms with Crippen LogP contribution in [0, 0.1) is 5.82 Å². The summed E-state index contributed by atoms with van der Waals surface area (Å²) in [5.74, 6) is -0.374. The molecular weight excluding hydrogens is 355 g/mol. The average molecular weight is 376 g/mol. The zero-order chi connectivity index (χ0) is 19.3. The van der Waals surface area contributed by atoms with Gasteiger partial charge in [-0.2, -0.15) is 0 Å². The fraction of sp³-hybridized carbons (Fsp3) is 0.182. The minimum atomic E-state index is -0.221. The number of amides is 1. The Hall–Kier alpha value is -3.41. The lowest BCUT2D eigenvalue weighted by Crippen LogP contribution is -2.46. The van der Waals surface area contributed by atoms with E-state index in [4.69, 9.17) is 0 Å². The van der Waals surface area contributed by atoms with E-state index in [-0.39, 0.29) is 11.7 Å². The number of aromatic nitrogens is 1. The number of rotatable bonds is 4. The molecule has 1 amide bonds. The summed E-state index contributed by atoms with van der Waals surface area (Å²) in [6, 6.07) is 17.8. The molecule has 2 aromatic carbocycles. The molecular formula is C22H21FN4O. The van der Waals surface area contributed by atoms with Gasteiger partial charge in [0.05, 0.1) is 11.4 Å². The predicted octanol–water partition coefficient (Wildman–Crippen LogP) is 3.80. The van der Waals surface area contributed by atoms with Crippen LogP contribution in [-0.4, -0.2) is 37.1 Å². The van der Waals surface area contributed by atoms with Gasteiger partial charge < -0.3 is 15.1 Å². The molecule has 4 rings (SSSR count). The van der Waals surface area contributed by atoms with Crippen molar-refractivity contribution in [2.24, 2.45) is 0 Å².